The summed E-state index contributed by atoms with van der Waals surface area (Å²) in [5.74, 6) is -0.897. The average molecular weight is 504 g/mol. The van der Waals surface area contributed by atoms with Crippen LogP contribution in [0, 0.1) is 6.92 Å². The molecular weight excluding hydrogens is 474 g/mol. The van der Waals surface area contributed by atoms with Gasteiger partial charge in [-0.1, -0.05) is 79.7 Å². The second kappa shape index (κ2) is 10.8. The van der Waals surface area contributed by atoms with Crippen LogP contribution in [0.4, 0.5) is 5.69 Å². The molecule has 5 heteroatoms. The Hall–Kier alpha value is -4.64. The van der Waals surface area contributed by atoms with Crippen molar-refractivity contribution in [3.8, 4) is 5.75 Å². The molecule has 0 spiro atoms. The van der Waals surface area contributed by atoms with E-state index in [1.165, 1.54) is 4.90 Å². The Morgan fingerprint density at radius 2 is 1.50 bits per heavy atom. The first-order chi connectivity index (χ1) is 18.5. The number of hydrogen-bond donors (Lipinski definition) is 1. The van der Waals surface area contributed by atoms with Gasteiger partial charge in [-0.25, -0.2) is 0 Å². The maximum absolute atomic E-state index is 13.4. The van der Waals surface area contributed by atoms with Gasteiger partial charge in [0, 0.05) is 11.3 Å². The van der Waals surface area contributed by atoms with Gasteiger partial charge in [-0.3, -0.25) is 14.5 Å². The average Bonchev–Trinajstić information content (AvgIpc) is 3.23. The molecule has 0 aromatic heterocycles. The fraction of sp³-hybridized carbons (Fsp3) is 0.152. The first-order valence-electron chi connectivity index (χ1n) is 12.7. The summed E-state index contributed by atoms with van der Waals surface area (Å²) in [7, 11) is 0. The van der Waals surface area contributed by atoms with E-state index < -0.39 is 17.7 Å². The third-order valence-corrected chi connectivity index (χ3v) is 6.87. The Balaban J connectivity index is 1.54. The van der Waals surface area contributed by atoms with E-state index in [4.69, 9.17) is 4.74 Å². The molecule has 1 aliphatic rings. The van der Waals surface area contributed by atoms with Crippen LogP contribution in [0.1, 0.15) is 40.8 Å². The van der Waals surface area contributed by atoms with Gasteiger partial charge in [0.15, 0.2) is 0 Å². The number of hydrogen-bond acceptors (Lipinski definition) is 4. The monoisotopic (exact) mass is 503 g/mol. The number of rotatable bonds is 7. The number of nitrogens with zero attached hydrogens (tertiary/aromatic N) is 1. The topological polar surface area (TPSA) is 66.8 Å². The maximum Gasteiger partial charge on any atom is 0.300 e. The van der Waals surface area contributed by atoms with E-state index in [1.807, 2.05) is 91.9 Å². The second-order valence-electron chi connectivity index (χ2n) is 9.35. The van der Waals surface area contributed by atoms with E-state index in [2.05, 4.69) is 6.92 Å². The second-order valence-corrected chi connectivity index (χ2v) is 9.35. The number of amides is 1. The SMILES string of the molecule is CCc1ccc(N2C(=O)C(=O)/C(=C(\O)c3ccc(OCc4ccccc4)c(C)c3)C2c2ccccc2)cc1. The highest BCUT2D eigenvalue weighted by Gasteiger charge is 2.46. The standard InChI is InChI=1S/C33H29NO4/c1-3-23-14-17-27(18-15-23)34-30(25-12-8-5-9-13-25)29(32(36)33(34)37)31(35)26-16-19-28(22(2)20-26)38-21-24-10-6-4-7-11-24/h4-20,30,35H,3,21H2,1-2H3/b31-29-. The Kier molecular flexibility index (Phi) is 7.09. The summed E-state index contributed by atoms with van der Waals surface area (Å²) in [5, 5.41) is 11.4. The molecule has 1 aliphatic heterocycles. The van der Waals surface area contributed by atoms with Crippen molar-refractivity contribution >= 4 is 23.1 Å². The lowest BCUT2D eigenvalue weighted by Crippen LogP contribution is -2.29. The minimum absolute atomic E-state index is 0.0677. The molecule has 0 radical (unpaired) electrons. The molecule has 1 N–H and O–H groups in total. The van der Waals surface area contributed by atoms with E-state index in [-0.39, 0.29) is 11.3 Å². The molecule has 0 bridgehead atoms. The van der Waals surface area contributed by atoms with Crippen molar-refractivity contribution in [2.75, 3.05) is 4.90 Å². The molecule has 5 nitrogen and oxygen atoms in total. The van der Waals surface area contributed by atoms with Crippen molar-refractivity contribution in [1.29, 1.82) is 0 Å². The lowest BCUT2D eigenvalue weighted by Gasteiger charge is -2.25. The van der Waals surface area contributed by atoms with Crippen LogP contribution in [0.2, 0.25) is 0 Å². The van der Waals surface area contributed by atoms with Gasteiger partial charge in [-0.05, 0) is 65.9 Å². The van der Waals surface area contributed by atoms with E-state index in [0.717, 1.165) is 28.7 Å². The van der Waals surface area contributed by atoms with Crippen LogP contribution < -0.4 is 9.64 Å². The normalized spacial score (nSPS) is 16.6. The van der Waals surface area contributed by atoms with Gasteiger partial charge in [0.25, 0.3) is 11.7 Å². The summed E-state index contributed by atoms with van der Waals surface area (Å²) in [6.45, 7) is 4.37. The van der Waals surface area contributed by atoms with Crippen molar-refractivity contribution in [2.24, 2.45) is 0 Å². The Morgan fingerprint density at radius 1 is 0.842 bits per heavy atom. The highest BCUT2D eigenvalue weighted by molar-refractivity contribution is 6.51. The molecular formula is C33H29NO4. The minimum atomic E-state index is -0.752. The van der Waals surface area contributed by atoms with Gasteiger partial charge in [0.2, 0.25) is 0 Å². The fourth-order valence-corrected chi connectivity index (χ4v) is 4.79. The molecule has 1 atom stereocenters. The molecule has 1 unspecified atom stereocenters. The van der Waals surface area contributed by atoms with Crippen LogP contribution in [0.3, 0.4) is 0 Å². The molecule has 4 aromatic carbocycles. The quantitative estimate of drug-likeness (QED) is 0.172. The molecule has 1 heterocycles. The van der Waals surface area contributed by atoms with Crippen molar-refractivity contribution in [3.63, 3.8) is 0 Å². The third-order valence-electron chi connectivity index (χ3n) is 6.87. The number of benzene rings is 4. The van der Waals surface area contributed by atoms with Crippen LogP contribution in [0.15, 0.2) is 109 Å². The summed E-state index contributed by atoms with van der Waals surface area (Å²) in [6, 6.07) is 31.3. The van der Waals surface area contributed by atoms with Gasteiger partial charge in [-0.15, -0.1) is 0 Å². The van der Waals surface area contributed by atoms with Crippen LogP contribution in [0.5, 0.6) is 5.75 Å². The number of Topliss-reactive ketones (excluding diaryl/α,β-unsaturated/α-hetero) is 1. The van der Waals surface area contributed by atoms with Crippen molar-refractivity contribution in [1.82, 2.24) is 0 Å². The fourth-order valence-electron chi connectivity index (χ4n) is 4.79. The van der Waals surface area contributed by atoms with E-state index in [0.29, 0.717) is 23.6 Å². The van der Waals surface area contributed by atoms with Crippen LogP contribution >= 0.6 is 0 Å². The summed E-state index contributed by atoms with van der Waals surface area (Å²) < 4.78 is 5.98. The molecule has 1 saturated heterocycles. The summed E-state index contributed by atoms with van der Waals surface area (Å²) >= 11 is 0. The predicted octanol–water partition coefficient (Wildman–Crippen LogP) is 6.76. The number of anilines is 1. The molecule has 1 amide bonds. The minimum Gasteiger partial charge on any atom is -0.507 e. The zero-order chi connectivity index (χ0) is 26.6. The number of aliphatic hydroxyl groups is 1. The zero-order valence-corrected chi connectivity index (χ0v) is 21.4. The van der Waals surface area contributed by atoms with Crippen LogP contribution in [-0.4, -0.2) is 16.8 Å². The maximum atomic E-state index is 13.4. The molecule has 5 rings (SSSR count). The van der Waals surface area contributed by atoms with Gasteiger partial charge in [-0.2, -0.15) is 0 Å². The number of carbonyl (C=O) groups excluding carboxylic acids is 2. The van der Waals surface area contributed by atoms with Gasteiger partial charge in [0.05, 0.1) is 11.6 Å². The molecule has 0 saturated carbocycles. The Morgan fingerprint density at radius 3 is 2.13 bits per heavy atom. The molecule has 38 heavy (non-hydrogen) atoms. The van der Waals surface area contributed by atoms with Crippen LogP contribution in [0.25, 0.3) is 5.76 Å². The first-order valence-corrected chi connectivity index (χ1v) is 12.7. The van der Waals surface area contributed by atoms with Gasteiger partial charge in [0.1, 0.15) is 18.1 Å². The number of aliphatic hydroxyl groups excluding tert-OH is 1. The van der Waals surface area contributed by atoms with E-state index in [1.54, 1.807) is 18.2 Å². The van der Waals surface area contributed by atoms with Gasteiger partial charge >= 0.3 is 0 Å². The summed E-state index contributed by atoms with van der Waals surface area (Å²) in [4.78, 5) is 28.2. The number of carbonyl (C=O) groups is 2. The lowest BCUT2D eigenvalue weighted by atomic mass is 9.94. The highest BCUT2D eigenvalue weighted by Crippen LogP contribution is 2.42. The largest absolute Gasteiger partial charge is 0.507 e. The molecule has 1 fully saturated rings. The number of ketones is 1. The molecule has 4 aromatic rings. The Bertz CT molecular complexity index is 1490. The first kappa shape index (κ1) is 25.0. The molecule has 190 valence electrons. The van der Waals surface area contributed by atoms with E-state index >= 15 is 0 Å². The summed E-state index contributed by atoms with van der Waals surface area (Å²) in [6.07, 6.45) is 0.867. The van der Waals surface area contributed by atoms with Gasteiger partial charge < -0.3 is 9.84 Å². The molecule has 0 aliphatic carbocycles. The summed E-state index contributed by atoms with van der Waals surface area (Å²) in [5.41, 5.74) is 4.87. The number of ether oxygens (including phenoxy) is 1. The predicted molar refractivity (Wildman–Crippen MR) is 149 cm³/mol. The Labute approximate surface area is 222 Å². The van der Waals surface area contributed by atoms with Crippen LogP contribution in [-0.2, 0) is 22.6 Å². The van der Waals surface area contributed by atoms with Crippen molar-refractivity contribution in [2.45, 2.75) is 32.9 Å². The third kappa shape index (κ3) is 4.83. The highest BCUT2D eigenvalue weighted by atomic mass is 16.5. The number of aryl methyl sites for hydroxylation is 2. The smallest absolute Gasteiger partial charge is 0.300 e. The van der Waals surface area contributed by atoms with E-state index in [9.17, 15) is 14.7 Å². The van der Waals surface area contributed by atoms with Crippen molar-refractivity contribution in [3.05, 3.63) is 137 Å². The zero-order valence-electron chi connectivity index (χ0n) is 21.4. The lowest BCUT2D eigenvalue weighted by molar-refractivity contribution is -0.132. The van der Waals surface area contributed by atoms with Crippen molar-refractivity contribution < 1.29 is 19.4 Å².